The molecule has 96 valence electrons. The van der Waals surface area contributed by atoms with Crippen LogP contribution in [0.5, 0.6) is 0 Å². The molecule has 0 aliphatic carbocycles. The Morgan fingerprint density at radius 1 is 1.26 bits per heavy atom. The topological polar surface area (TPSA) is 38.1 Å². The maximum absolute atomic E-state index is 13.2. The summed E-state index contributed by atoms with van der Waals surface area (Å²) in [6.07, 6.45) is 3.30. The third-order valence-corrected chi connectivity index (χ3v) is 3.61. The largest absolute Gasteiger partial charge is 0.464 e. The average molecular weight is 321 g/mol. The summed E-state index contributed by atoms with van der Waals surface area (Å²) >= 11 is 3.40. The van der Waals surface area contributed by atoms with Gasteiger partial charge < -0.3 is 9.73 Å². The summed E-state index contributed by atoms with van der Waals surface area (Å²) in [6.45, 7) is 0.482. The molecule has 0 amide bonds. The maximum atomic E-state index is 13.2. The number of furan rings is 1. The fourth-order valence-corrected chi connectivity index (χ4v) is 2.28. The number of aromatic nitrogens is 1. The lowest BCUT2D eigenvalue weighted by Crippen LogP contribution is -2.02. The van der Waals surface area contributed by atoms with Crippen LogP contribution in [0.1, 0.15) is 5.56 Å². The molecule has 0 unspecified atom stereocenters. The predicted molar refractivity (Wildman–Crippen MR) is 75.4 cm³/mol. The van der Waals surface area contributed by atoms with Gasteiger partial charge in [0.2, 0.25) is 0 Å². The molecule has 3 nitrogen and oxygen atoms in total. The minimum Gasteiger partial charge on any atom is -0.464 e. The number of hydrogen-bond donors (Lipinski definition) is 1. The van der Waals surface area contributed by atoms with Crippen molar-refractivity contribution in [3.05, 3.63) is 58.6 Å². The molecule has 0 aliphatic rings. The Labute approximate surface area is 117 Å². The highest BCUT2D eigenvalue weighted by Crippen LogP contribution is 2.24. The van der Waals surface area contributed by atoms with E-state index in [1.807, 2.05) is 6.07 Å². The second kappa shape index (κ2) is 5.01. The van der Waals surface area contributed by atoms with Crippen LogP contribution in [0.25, 0.3) is 11.0 Å². The summed E-state index contributed by atoms with van der Waals surface area (Å²) in [4.78, 5) is 4.27. The molecule has 0 saturated carbocycles. The zero-order valence-corrected chi connectivity index (χ0v) is 11.4. The molecule has 0 saturated heterocycles. The predicted octanol–water partition coefficient (Wildman–Crippen LogP) is 4.34. The summed E-state index contributed by atoms with van der Waals surface area (Å²) in [5.74, 6) is 0.469. The van der Waals surface area contributed by atoms with Crippen LogP contribution < -0.4 is 5.32 Å². The van der Waals surface area contributed by atoms with Crippen LogP contribution in [0.15, 0.2) is 51.7 Å². The number of rotatable bonds is 3. The Balaban J connectivity index is 1.86. The molecule has 1 N–H and O–H groups in total. The van der Waals surface area contributed by atoms with Crippen molar-refractivity contribution in [3.8, 4) is 0 Å². The van der Waals surface area contributed by atoms with Crippen molar-refractivity contribution in [1.82, 2.24) is 4.98 Å². The van der Waals surface area contributed by atoms with E-state index in [0.717, 1.165) is 26.8 Å². The minimum absolute atomic E-state index is 0.255. The van der Waals surface area contributed by atoms with Gasteiger partial charge in [-0.25, -0.2) is 9.37 Å². The molecule has 0 atom stereocenters. The zero-order chi connectivity index (χ0) is 13.2. The highest BCUT2D eigenvalue weighted by molar-refractivity contribution is 9.10. The van der Waals surface area contributed by atoms with Gasteiger partial charge in [0.1, 0.15) is 17.2 Å². The summed E-state index contributed by atoms with van der Waals surface area (Å²) in [5.41, 5.74) is 1.61. The van der Waals surface area contributed by atoms with E-state index in [4.69, 9.17) is 4.42 Å². The van der Waals surface area contributed by atoms with E-state index in [-0.39, 0.29) is 5.82 Å². The smallest absolute Gasteiger partial charge is 0.139 e. The number of hydrogen-bond acceptors (Lipinski definition) is 3. The molecular formula is C14H10BrFN2O. The molecule has 2 aromatic heterocycles. The Morgan fingerprint density at radius 2 is 2.16 bits per heavy atom. The van der Waals surface area contributed by atoms with Gasteiger partial charge in [-0.15, -0.1) is 0 Å². The van der Waals surface area contributed by atoms with Crippen LogP contribution in [0.2, 0.25) is 0 Å². The summed E-state index contributed by atoms with van der Waals surface area (Å²) in [5, 5.41) is 4.10. The van der Waals surface area contributed by atoms with Gasteiger partial charge in [0, 0.05) is 17.2 Å². The summed E-state index contributed by atoms with van der Waals surface area (Å²) in [7, 11) is 0. The number of anilines is 1. The van der Waals surface area contributed by atoms with Gasteiger partial charge in [0.05, 0.1) is 11.6 Å². The van der Waals surface area contributed by atoms with Crippen LogP contribution >= 0.6 is 15.9 Å². The normalized spacial score (nSPS) is 10.8. The zero-order valence-electron chi connectivity index (χ0n) is 9.86. The first kappa shape index (κ1) is 12.2. The second-order valence-electron chi connectivity index (χ2n) is 4.08. The Kier molecular flexibility index (Phi) is 3.21. The number of fused-ring (bicyclic) bond motifs is 1. The first-order chi connectivity index (χ1) is 9.24. The molecule has 5 heteroatoms. The number of halogens is 2. The van der Waals surface area contributed by atoms with Crippen molar-refractivity contribution >= 4 is 32.7 Å². The van der Waals surface area contributed by atoms with Gasteiger partial charge >= 0.3 is 0 Å². The Morgan fingerprint density at radius 3 is 3.05 bits per heavy atom. The fourth-order valence-electron chi connectivity index (χ4n) is 1.89. The van der Waals surface area contributed by atoms with E-state index in [2.05, 4.69) is 26.2 Å². The Hall–Kier alpha value is -1.88. The van der Waals surface area contributed by atoms with Gasteiger partial charge in [-0.05, 0) is 35.9 Å². The number of pyridine rings is 1. The highest BCUT2D eigenvalue weighted by Gasteiger charge is 2.06. The molecule has 19 heavy (non-hydrogen) atoms. The highest BCUT2D eigenvalue weighted by atomic mass is 79.9. The molecule has 0 radical (unpaired) electrons. The van der Waals surface area contributed by atoms with Crippen molar-refractivity contribution in [2.75, 3.05) is 5.32 Å². The number of nitrogens with zero attached hydrogens (tertiary/aromatic N) is 1. The van der Waals surface area contributed by atoms with E-state index in [0.29, 0.717) is 6.54 Å². The SMILES string of the molecule is Fc1ccc(Br)c(CNc2nccc3occc23)c1. The summed E-state index contributed by atoms with van der Waals surface area (Å²) < 4.78 is 19.4. The van der Waals surface area contributed by atoms with Crippen LogP contribution in [0, 0.1) is 5.82 Å². The van der Waals surface area contributed by atoms with Gasteiger partial charge in [-0.1, -0.05) is 15.9 Å². The molecule has 0 aliphatic heterocycles. The maximum Gasteiger partial charge on any atom is 0.139 e. The van der Waals surface area contributed by atoms with E-state index < -0.39 is 0 Å². The van der Waals surface area contributed by atoms with E-state index in [9.17, 15) is 4.39 Å². The minimum atomic E-state index is -0.255. The number of nitrogens with one attached hydrogen (secondary N) is 1. The molecule has 0 spiro atoms. The molecular weight excluding hydrogens is 311 g/mol. The monoisotopic (exact) mass is 320 g/mol. The lowest BCUT2D eigenvalue weighted by atomic mass is 10.2. The quantitative estimate of drug-likeness (QED) is 0.780. The third-order valence-electron chi connectivity index (χ3n) is 2.83. The first-order valence-corrected chi connectivity index (χ1v) is 6.53. The van der Waals surface area contributed by atoms with Crippen molar-refractivity contribution in [2.45, 2.75) is 6.54 Å². The van der Waals surface area contributed by atoms with E-state index in [1.165, 1.54) is 12.1 Å². The Bertz CT molecular complexity index is 726. The van der Waals surface area contributed by atoms with Crippen LogP contribution in [0.3, 0.4) is 0 Å². The van der Waals surface area contributed by atoms with Crippen molar-refractivity contribution < 1.29 is 8.81 Å². The van der Waals surface area contributed by atoms with Crippen molar-refractivity contribution in [3.63, 3.8) is 0 Å². The van der Waals surface area contributed by atoms with Crippen LogP contribution in [-0.4, -0.2) is 4.98 Å². The van der Waals surface area contributed by atoms with Crippen LogP contribution in [0.4, 0.5) is 10.2 Å². The second-order valence-corrected chi connectivity index (χ2v) is 4.94. The van der Waals surface area contributed by atoms with Gasteiger partial charge in [0.25, 0.3) is 0 Å². The van der Waals surface area contributed by atoms with Crippen molar-refractivity contribution in [1.29, 1.82) is 0 Å². The molecule has 0 bridgehead atoms. The summed E-state index contributed by atoms with van der Waals surface area (Å²) in [6, 6.07) is 8.26. The molecule has 3 aromatic rings. The lowest BCUT2D eigenvalue weighted by Gasteiger charge is -2.08. The molecule has 3 rings (SSSR count). The van der Waals surface area contributed by atoms with Crippen molar-refractivity contribution in [2.24, 2.45) is 0 Å². The fraction of sp³-hybridized carbons (Fsp3) is 0.0714. The van der Waals surface area contributed by atoms with Gasteiger partial charge in [-0.2, -0.15) is 0 Å². The third kappa shape index (κ3) is 2.46. The van der Waals surface area contributed by atoms with Gasteiger partial charge in [-0.3, -0.25) is 0 Å². The van der Waals surface area contributed by atoms with E-state index in [1.54, 1.807) is 24.6 Å². The van der Waals surface area contributed by atoms with Crippen LogP contribution in [-0.2, 0) is 6.54 Å². The lowest BCUT2D eigenvalue weighted by molar-refractivity contribution is 0.615. The molecule has 2 heterocycles. The molecule has 0 fully saturated rings. The number of benzene rings is 1. The first-order valence-electron chi connectivity index (χ1n) is 5.74. The molecule has 1 aromatic carbocycles. The average Bonchev–Trinajstić information content (AvgIpc) is 2.88. The standard InChI is InChI=1S/C14H10BrFN2O/c15-12-2-1-10(16)7-9(12)8-18-14-11-4-6-19-13(11)3-5-17-14/h1-7H,8H2,(H,17,18). The van der Waals surface area contributed by atoms with E-state index >= 15 is 0 Å². The van der Waals surface area contributed by atoms with Gasteiger partial charge in [0.15, 0.2) is 0 Å².